The predicted octanol–water partition coefficient (Wildman–Crippen LogP) is 5.75. The first kappa shape index (κ1) is 16.2. The quantitative estimate of drug-likeness (QED) is 0.426. The van der Waals surface area contributed by atoms with E-state index < -0.39 is 0 Å². The van der Waals surface area contributed by atoms with E-state index in [1.807, 2.05) is 0 Å². The first-order valence-corrected chi connectivity index (χ1v) is 7.30. The molecule has 0 aliphatic heterocycles. The van der Waals surface area contributed by atoms with Crippen LogP contribution in [0.1, 0.15) is 5.56 Å². The van der Waals surface area contributed by atoms with Crippen molar-refractivity contribution in [3.8, 4) is 5.75 Å². The van der Waals surface area contributed by atoms with Crippen LogP contribution in [0.3, 0.4) is 0 Å². The van der Waals surface area contributed by atoms with Gasteiger partial charge in [0.2, 0.25) is 0 Å². The monoisotopic (exact) mass is 362 g/mol. The third-order valence-corrected chi connectivity index (χ3v) is 4.06. The van der Waals surface area contributed by atoms with Crippen molar-refractivity contribution in [2.45, 2.75) is 0 Å². The van der Waals surface area contributed by atoms with Gasteiger partial charge in [-0.2, -0.15) is 5.10 Å². The highest BCUT2D eigenvalue weighted by Crippen LogP contribution is 2.30. The zero-order valence-electron chi connectivity index (χ0n) is 10.8. The Bertz CT molecular complexity index is 689. The van der Waals surface area contributed by atoms with Crippen molar-refractivity contribution in [3.63, 3.8) is 0 Å². The van der Waals surface area contributed by atoms with Crippen molar-refractivity contribution in [1.29, 1.82) is 0 Å². The molecular formula is C14H10Cl4N2O. The van der Waals surface area contributed by atoms with Crippen molar-refractivity contribution < 1.29 is 4.74 Å². The highest BCUT2D eigenvalue weighted by Gasteiger charge is 2.07. The second-order valence-corrected chi connectivity index (χ2v) is 5.58. The average molecular weight is 364 g/mol. The summed E-state index contributed by atoms with van der Waals surface area (Å²) in [6.07, 6.45) is 1.49. The summed E-state index contributed by atoms with van der Waals surface area (Å²) < 4.78 is 5.07. The van der Waals surface area contributed by atoms with E-state index in [4.69, 9.17) is 51.1 Å². The number of hydrazone groups is 1. The topological polar surface area (TPSA) is 33.6 Å². The van der Waals surface area contributed by atoms with E-state index in [9.17, 15) is 0 Å². The molecule has 110 valence electrons. The van der Waals surface area contributed by atoms with Gasteiger partial charge in [0.1, 0.15) is 5.75 Å². The summed E-state index contributed by atoms with van der Waals surface area (Å²) in [7, 11) is 1.55. The molecule has 2 aromatic rings. The number of nitrogens with one attached hydrogen (secondary N) is 1. The van der Waals surface area contributed by atoms with Crippen molar-refractivity contribution >= 4 is 58.3 Å². The van der Waals surface area contributed by atoms with E-state index in [0.29, 0.717) is 37.1 Å². The van der Waals surface area contributed by atoms with E-state index in [1.54, 1.807) is 37.4 Å². The Morgan fingerprint density at radius 3 is 2.38 bits per heavy atom. The van der Waals surface area contributed by atoms with Crippen LogP contribution in [0.25, 0.3) is 0 Å². The maximum absolute atomic E-state index is 6.07. The van der Waals surface area contributed by atoms with Gasteiger partial charge in [-0.25, -0.2) is 0 Å². The van der Waals surface area contributed by atoms with Crippen LogP contribution in [0.15, 0.2) is 35.4 Å². The van der Waals surface area contributed by atoms with Gasteiger partial charge in [-0.1, -0.05) is 46.4 Å². The Hall–Kier alpha value is -1.13. The van der Waals surface area contributed by atoms with Crippen molar-refractivity contribution in [2.24, 2.45) is 5.10 Å². The predicted molar refractivity (Wildman–Crippen MR) is 90.7 cm³/mol. The molecule has 0 unspecified atom stereocenters. The lowest BCUT2D eigenvalue weighted by molar-refractivity contribution is 0.415. The van der Waals surface area contributed by atoms with Gasteiger partial charge < -0.3 is 4.74 Å². The van der Waals surface area contributed by atoms with Gasteiger partial charge in [-0.15, -0.1) is 0 Å². The van der Waals surface area contributed by atoms with Crippen LogP contribution >= 0.6 is 46.4 Å². The maximum atomic E-state index is 6.07. The molecular weight excluding hydrogens is 354 g/mol. The standard InChI is InChI=1S/C14H10Cl4N2O/c1-21-13-5-2-8(6-12(13)17)20-19-7-9-10(15)3-4-11(16)14(9)18/h2-7,20H,1H3/b19-7+. The number of hydrogen-bond donors (Lipinski definition) is 1. The average Bonchev–Trinajstić information content (AvgIpc) is 2.47. The number of hydrogen-bond acceptors (Lipinski definition) is 3. The number of methoxy groups -OCH3 is 1. The molecule has 0 aliphatic carbocycles. The molecule has 0 aliphatic rings. The fourth-order valence-corrected chi connectivity index (χ4v) is 2.46. The van der Waals surface area contributed by atoms with Crippen LogP contribution in [-0.2, 0) is 0 Å². The van der Waals surface area contributed by atoms with Gasteiger partial charge >= 0.3 is 0 Å². The van der Waals surface area contributed by atoms with Gasteiger partial charge in [0.15, 0.2) is 0 Å². The molecule has 0 saturated heterocycles. The van der Waals surface area contributed by atoms with E-state index >= 15 is 0 Å². The van der Waals surface area contributed by atoms with Crippen LogP contribution in [0.5, 0.6) is 5.75 Å². The Morgan fingerprint density at radius 2 is 1.71 bits per heavy atom. The summed E-state index contributed by atoms with van der Waals surface area (Å²) in [5, 5.41) is 5.77. The highest BCUT2D eigenvalue weighted by atomic mass is 35.5. The smallest absolute Gasteiger partial charge is 0.137 e. The minimum absolute atomic E-state index is 0.350. The van der Waals surface area contributed by atoms with Crippen molar-refractivity contribution in [2.75, 3.05) is 12.5 Å². The molecule has 0 atom stereocenters. The normalized spacial score (nSPS) is 10.9. The lowest BCUT2D eigenvalue weighted by Gasteiger charge is -2.06. The second kappa shape index (κ2) is 7.23. The molecule has 0 aromatic heterocycles. The summed E-state index contributed by atoms with van der Waals surface area (Å²) in [5.41, 5.74) is 4.07. The van der Waals surface area contributed by atoms with E-state index in [0.717, 1.165) is 0 Å². The first-order chi connectivity index (χ1) is 10.0. The SMILES string of the molecule is COc1ccc(N/N=C/c2c(Cl)ccc(Cl)c2Cl)cc1Cl. The van der Waals surface area contributed by atoms with Crippen LogP contribution in [0.4, 0.5) is 5.69 Å². The van der Waals surface area contributed by atoms with Gasteiger partial charge in [0.05, 0.1) is 39.1 Å². The lowest BCUT2D eigenvalue weighted by atomic mass is 10.2. The van der Waals surface area contributed by atoms with E-state index in [2.05, 4.69) is 10.5 Å². The van der Waals surface area contributed by atoms with Crippen LogP contribution < -0.4 is 10.2 Å². The molecule has 0 heterocycles. The Morgan fingerprint density at radius 1 is 1.00 bits per heavy atom. The molecule has 1 N–H and O–H groups in total. The van der Waals surface area contributed by atoms with Gasteiger partial charge in [0.25, 0.3) is 0 Å². The third kappa shape index (κ3) is 3.95. The van der Waals surface area contributed by atoms with Crippen molar-refractivity contribution in [3.05, 3.63) is 56.0 Å². The Balaban J connectivity index is 2.16. The second-order valence-electron chi connectivity index (χ2n) is 3.98. The minimum Gasteiger partial charge on any atom is -0.495 e. The molecule has 0 fully saturated rings. The molecule has 21 heavy (non-hydrogen) atoms. The number of halogens is 4. The number of nitrogens with zero attached hydrogens (tertiary/aromatic N) is 1. The van der Waals surface area contributed by atoms with Crippen molar-refractivity contribution in [1.82, 2.24) is 0 Å². The third-order valence-electron chi connectivity index (χ3n) is 2.62. The number of rotatable bonds is 4. The fourth-order valence-electron chi connectivity index (χ4n) is 1.57. The Kier molecular flexibility index (Phi) is 5.59. The Labute approximate surface area is 142 Å². The van der Waals surface area contributed by atoms with Crippen LogP contribution in [-0.4, -0.2) is 13.3 Å². The molecule has 0 spiro atoms. The lowest BCUT2D eigenvalue weighted by Crippen LogP contribution is -1.93. The zero-order valence-corrected chi connectivity index (χ0v) is 13.9. The van der Waals surface area contributed by atoms with Gasteiger partial charge in [-0.3, -0.25) is 5.43 Å². The summed E-state index contributed by atoms with van der Waals surface area (Å²) in [5.74, 6) is 0.590. The molecule has 0 amide bonds. The molecule has 2 aromatic carbocycles. The summed E-state index contributed by atoms with van der Waals surface area (Å²) in [4.78, 5) is 0. The number of ether oxygens (including phenoxy) is 1. The van der Waals surface area contributed by atoms with Gasteiger partial charge in [-0.05, 0) is 30.3 Å². The van der Waals surface area contributed by atoms with Gasteiger partial charge in [0, 0.05) is 5.56 Å². The molecule has 7 heteroatoms. The van der Waals surface area contributed by atoms with Crippen LogP contribution in [0, 0.1) is 0 Å². The minimum atomic E-state index is 0.350. The molecule has 0 bridgehead atoms. The van der Waals surface area contributed by atoms with E-state index in [1.165, 1.54) is 6.21 Å². The zero-order chi connectivity index (χ0) is 15.4. The number of anilines is 1. The molecule has 0 saturated carbocycles. The highest BCUT2D eigenvalue weighted by molar-refractivity contribution is 6.45. The largest absolute Gasteiger partial charge is 0.495 e. The number of benzene rings is 2. The maximum Gasteiger partial charge on any atom is 0.137 e. The molecule has 3 nitrogen and oxygen atoms in total. The summed E-state index contributed by atoms with van der Waals surface area (Å²) in [6.45, 7) is 0. The summed E-state index contributed by atoms with van der Waals surface area (Å²) in [6, 6.07) is 8.49. The first-order valence-electron chi connectivity index (χ1n) is 5.79. The fraction of sp³-hybridized carbons (Fsp3) is 0.0714. The van der Waals surface area contributed by atoms with E-state index in [-0.39, 0.29) is 0 Å². The summed E-state index contributed by atoms with van der Waals surface area (Å²) >= 11 is 24.1. The van der Waals surface area contributed by atoms with Crippen LogP contribution in [0.2, 0.25) is 20.1 Å². The molecule has 0 radical (unpaired) electrons. The molecule has 2 rings (SSSR count).